The van der Waals surface area contributed by atoms with E-state index in [1.807, 2.05) is 38.2 Å². The average Bonchev–Trinajstić information content (AvgIpc) is 1.82. The second kappa shape index (κ2) is 11.3. The number of rotatable bonds is 1. The van der Waals surface area contributed by atoms with Gasteiger partial charge in [0, 0.05) is 0 Å². The summed E-state index contributed by atoms with van der Waals surface area (Å²) < 4.78 is 0. The van der Waals surface area contributed by atoms with Crippen LogP contribution in [0.4, 0.5) is 0 Å². The molecule has 0 aromatic carbocycles. The molecule has 0 N–H and O–H groups in total. The van der Waals surface area contributed by atoms with Gasteiger partial charge in [0.25, 0.3) is 0 Å². The van der Waals surface area contributed by atoms with E-state index >= 15 is 0 Å². The maximum atomic E-state index is 2.17. The molecule has 0 heterocycles. The third kappa shape index (κ3) is 51.1. The van der Waals surface area contributed by atoms with Crippen LogP contribution >= 0.6 is 0 Å². The van der Waals surface area contributed by atoms with Gasteiger partial charge in [-0.25, -0.2) is 0 Å². The van der Waals surface area contributed by atoms with Crippen LogP contribution in [0.3, 0.4) is 0 Å². The Bertz CT molecular complexity index is 73.5. The van der Waals surface area contributed by atoms with Crippen LogP contribution < -0.4 is 0 Å². The molecule has 0 aromatic rings. The van der Waals surface area contributed by atoms with Gasteiger partial charge in [0.2, 0.25) is 0 Å². The highest BCUT2D eigenvalue weighted by molar-refractivity contribution is 4.98. The molecule has 0 heteroatoms. The van der Waals surface area contributed by atoms with E-state index in [1.54, 1.807) is 0 Å². The molecular weight excluding hydrogens is 120 g/mol. The molecule has 0 unspecified atom stereocenters. The third-order valence-corrected chi connectivity index (χ3v) is 0.496. The highest BCUT2D eigenvalue weighted by Gasteiger charge is 1.68. The summed E-state index contributed by atoms with van der Waals surface area (Å²) in [5.41, 5.74) is 0. The van der Waals surface area contributed by atoms with E-state index in [-0.39, 0.29) is 0 Å². The third-order valence-electron chi connectivity index (χ3n) is 0.496. The number of allylic oxidation sites excluding steroid dienone is 4. The Morgan fingerprint density at radius 2 is 1.00 bits per heavy atom. The van der Waals surface area contributed by atoms with E-state index in [9.17, 15) is 0 Å². The first kappa shape index (κ1) is 12.2. The van der Waals surface area contributed by atoms with Gasteiger partial charge in [-0.15, -0.1) is 0 Å². The Morgan fingerprint density at radius 3 is 1.10 bits per heavy atom. The van der Waals surface area contributed by atoms with Gasteiger partial charge in [0.1, 0.15) is 0 Å². The molecule has 0 bridgehead atoms. The summed E-state index contributed by atoms with van der Waals surface area (Å²) in [5, 5.41) is 0. The van der Waals surface area contributed by atoms with Crippen LogP contribution in [0.1, 0.15) is 34.6 Å². The van der Waals surface area contributed by atoms with Gasteiger partial charge in [0.05, 0.1) is 0 Å². The summed E-state index contributed by atoms with van der Waals surface area (Å²) in [6.07, 6.45) is 8.00. The van der Waals surface area contributed by atoms with Gasteiger partial charge in [0.15, 0.2) is 0 Å². The van der Waals surface area contributed by atoms with Crippen molar-refractivity contribution in [3.8, 4) is 0 Å². The Kier molecular flexibility index (Phi) is 13.8. The summed E-state index contributed by atoms with van der Waals surface area (Å²) in [5.74, 6) is 0.833. The van der Waals surface area contributed by atoms with Crippen LogP contribution in [0.2, 0.25) is 0 Å². The minimum atomic E-state index is 0.833. The summed E-state index contributed by atoms with van der Waals surface area (Å²) in [6, 6.07) is 0. The maximum absolute atomic E-state index is 2.17. The van der Waals surface area contributed by atoms with Crippen molar-refractivity contribution in [3.63, 3.8) is 0 Å². The molecule has 0 fully saturated rings. The Morgan fingerprint density at radius 1 is 0.800 bits per heavy atom. The van der Waals surface area contributed by atoms with Crippen molar-refractivity contribution in [2.45, 2.75) is 34.6 Å². The van der Waals surface area contributed by atoms with Crippen LogP contribution in [0.5, 0.6) is 0 Å². The predicted octanol–water partition coefficient (Wildman–Crippen LogP) is 3.80. The topological polar surface area (TPSA) is 0 Å². The molecule has 0 saturated heterocycles. The van der Waals surface area contributed by atoms with E-state index in [2.05, 4.69) is 20.8 Å². The molecule has 0 aliphatic heterocycles. The second-order valence-corrected chi connectivity index (χ2v) is 2.78. The van der Waals surface area contributed by atoms with Crippen molar-refractivity contribution >= 4 is 0 Å². The van der Waals surface area contributed by atoms with Crippen molar-refractivity contribution in [1.29, 1.82) is 0 Å². The molecule has 0 atom stereocenters. The van der Waals surface area contributed by atoms with Gasteiger partial charge in [-0.2, -0.15) is 0 Å². The lowest BCUT2D eigenvalue weighted by atomic mass is 10.3. The lowest BCUT2D eigenvalue weighted by Gasteiger charge is -1.79. The molecule has 0 radical (unpaired) electrons. The standard InChI is InChI=1S/C6H10.C4H10/c1-3-5-6-4-2;1-4(2)3/h3-6H,1-2H3;4H,1-3H3/b5-3-,6-4-;. The van der Waals surface area contributed by atoms with Gasteiger partial charge in [-0.05, 0) is 19.8 Å². The molecule has 60 valence electrons. The van der Waals surface area contributed by atoms with E-state index in [0.29, 0.717) is 0 Å². The zero-order chi connectivity index (χ0) is 8.41. The van der Waals surface area contributed by atoms with E-state index in [4.69, 9.17) is 0 Å². The minimum absolute atomic E-state index is 0.833. The van der Waals surface area contributed by atoms with Crippen LogP contribution in [-0.4, -0.2) is 0 Å². The fourth-order valence-electron chi connectivity index (χ4n) is 0.222. The Labute approximate surface area is 65.7 Å². The van der Waals surface area contributed by atoms with E-state index < -0.39 is 0 Å². The largest absolute Gasteiger partial charge is 0.0877 e. The predicted molar refractivity (Wildman–Crippen MR) is 50.1 cm³/mol. The van der Waals surface area contributed by atoms with Crippen LogP contribution in [0, 0.1) is 5.92 Å². The summed E-state index contributed by atoms with van der Waals surface area (Å²) in [4.78, 5) is 0. The Balaban J connectivity index is 0. The lowest BCUT2D eigenvalue weighted by molar-refractivity contribution is 0.737. The maximum Gasteiger partial charge on any atom is -0.0467 e. The molecule has 0 aromatic heterocycles. The molecule has 0 amide bonds. The summed E-state index contributed by atoms with van der Waals surface area (Å²) >= 11 is 0. The first-order chi connectivity index (χ1) is 4.65. The average molecular weight is 140 g/mol. The van der Waals surface area contributed by atoms with Crippen LogP contribution in [-0.2, 0) is 0 Å². The fourth-order valence-corrected chi connectivity index (χ4v) is 0.222. The van der Waals surface area contributed by atoms with E-state index in [1.165, 1.54) is 0 Å². The SMILES string of the molecule is C/C=C\C=C/C.CC(C)C. The van der Waals surface area contributed by atoms with Crippen molar-refractivity contribution in [2.75, 3.05) is 0 Å². The molecule has 0 rings (SSSR count). The number of hydrogen-bond acceptors (Lipinski definition) is 0. The van der Waals surface area contributed by atoms with Crippen molar-refractivity contribution in [3.05, 3.63) is 24.3 Å². The quantitative estimate of drug-likeness (QED) is 0.486. The fraction of sp³-hybridized carbons (Fsp3) is 0.600. The van der Waals surface area contributed by atoms with Crippen LogP contribution in [0.25, 0.3) is 0 Å². The zero-order valence-corrected chi connectivity index (χ0v) is 7.89. The van der Waals surface area contributed by atoms with Gasteiger partial charge < -0.3 is 0 Å². The first-order valence-electron chi connectivity index (χ1n) is 3.89. The molecule has 10 heavy (non-hydrogen) atoms. The second-order valence-electron chi connectivity index (χ2n) is 2.78. The van der Waals surface area contributed by atoms with E-state index in [0.717, 1.165) is 5.92 Å². The Hall–Kier alpha value is -0.520. The normalized spacial score (nSPS) is 10.6. The molecule has 0 aliphatic rings. The molecular formula is C10H20. The molecule has 0 nitrogen and oxygen atoms in total. The van der Waals surface area contributed by atoms with Crippen molar-refractivity contribution in [1.82, 2.24) is 0 Å². The first-order valence-corrected chi connectivity index (χ1v) is 3.89. The smallest absolute Gasteiger partial charge is 0.0467 e. The zero-order valence-electron chi connectivity index (χ0n) is 7.89. The summed E-state index contributed by atoms with van der Waals surface area (Å²) in [7, 11) is 0. The van der Waals surface area contributed by atoms with Gasteiger partial charge >= 0.3 is 0 Å². The minimum Gasteiger partial charge on any atom is -0.0877 e. The van der Waals surface area contributed by atoms with Crippen LogP contribution in [0.15, 0.2) is 24.3 Å². The lowest BCUT2D eigenvalue weighted by Crippen LogP contribution is -1.66. The molecule has 0 spiro atoms. The highest BCUT2D eigenvalue weighted by Crippen LogP contribution is 1.81. The van der Waals surface area contributed by atoms with Gasteiger partial charge in [-0.3, -0.25) is 0 Å². The molecule has 0 saturated carbocycles. The van der Waals surface area contributed by atoms with Crippen molar-refractivity contribution < 1.29 is 0 Å². The highest BCUT2D eigenvalue weighted by atomic mass is 13.7. The van der Waals surface area contributed by atoms with Gasteiger partial charge in [-0.1, -0.05) is 45.1 Å². The monoisotopic (exact) mass is 140 g/mol. The molecule has 0 aliphatic carbocycles. The summed E-state index contributed by atoms with van der Waals surface area (Å²) in [6.45, 7) is 10.5. The van der Waals surface area contributed by atoms with Crippen molar-refractivity contribution in [2.24, 2.45) is 5.92 Å². The number of hydrogen-bond donors (Lipinski definition) is 0.